The Hall–Kier alpha value is -0.320. The summed E-state index contributed by atoms with van der Waals surface area (Å²) in [6.07, 6.45) is -6.20. The predicted octanol–water partition coefficient (Wildman–Crippen LogP) is -1.82. The van der Waals surface area contributed by atoms with Crippen LogP contribution in [0.4, 0.5) is 0 Å². The Kier molecular flexibility index (Phi) is 10.2. The van der Waals surface area contributed by atoms with Gasteiger partial charge in [0.15, 0.2) is 12.6 Å². The number of ether oxygens (including phenoxy) is 3. The summed E-state index contributed by atoms with van der Waals surface area (Å²) in [4.78, 5) is 0. The Morgan fingerprint density at radius 3 is 1.95 bits per heavy atom. The van der Waals surface area contributed by atoms with Gasteiger partial charge in [-0.3, -0.25) is 0 Å². The normalized spacial score (nSPS) is 21.0. The molecule has 0 radical (unpaired) electrons. The van der Waals surface area contributed by atoms with Crippen molar-refractivity contribution in [3.8, 4) is 0 Å². The van der Waals surface area contributed by atoms with Gasteiger partial charge in [-0.2, -0.15) is 0 Å². The van der Waals surface area contributed by atoms with E-state index in [1.165, 1.54) is 13.8 Å². The molecule has 0 aliphatic carbocycles. The van der Waals surface area contributed by atoms with Crippen LogP contribution in [0.5, 0.6) is 0 Å². The van der Waals surface area contributed by atoms with Crippen LogP contribution in [-0.2, 0) is 14.2 Å². The summed E-state index contributed by atoms with van der Waals surface area (Å²) in [5, 5.41) is 46.2. The molecule has 0 rings (SSSR count). The minimum Gasteiger partial charge on any atom is -0.394 e. The largest absolute Gasteiger partial charge is 0.394 e. The SMILES string of the molecule is CC(OC[C@H](C)O)[C@H](O)OC(O[C@H](C)CO)[C@@H](O)CO. The van der Waals surface area contributed by atoms with Crippen LogP contribution in [0.15, 0.2) is 0 Å². The molecule has 0 aromatic carbocycles. The zero-order valence-corrected chi connectivity index (χ0v) is 12.0. The van der Waals surface area contributed by atoms with E-state index in [9.17, 15) is 10.2 Å². The maximum Gasteiger partial charge on any atom is 0.189 e. The highest BCUT2D eigenvalue weighted by Gasteiger charge is 2.28. The summed E-state index contributed by atoms with van der Waals surface area (Å²) in [5.41, 5.74) is 0. The van der Waals surface area contributed by atoms with Gasteiger partial charge in [-0.25, -0.2) is 0 Å². The van der Waals surface area contributed by atoms with Crippen molar-refractivity contribution in [3.05, 3.63) is 0 Å². The van der Waals surface area contributed by atoms with Crippen molar-refractivity contribution in [1.82, 2.24) is 0 Å². The van der Waals surface area contributed by atoms with Crippen LogP contribution in [-0.4, -0.2) is 82.3 Å². The molecule has 0 fully saturated rings. The van der Waals surface area contributed by atoms with Crippen LogP contribution < -0.4 is 0 Å². The molecule has 8 heteroatoms. The van der Waals surface area contributed by atoms with Crippen LogP contribution in [0.3, 0.4) is 0 Å². The molecule has 2 unspecified atom stereocenters. The minimum absolute atomic E-state index is 0.0166. The maximum atomic E-state index is 9.77. The summed E-state index contributed by atoms with van der Waals surface area (Å²) in [5.74, 6) is 0. The molecule has 0 aliphatic rings. The highest BCUT2D eigenvalue weighted by atomic mass is 16.7. The average molecular weight is 298 g/mol. The third kappa shape index (κ3) is 8.08. The van der Waals surface area contributed by atoms with Gasteiger partial charge in [0.05, 0.1) is 32.0 Å². The van der Waals surface area contributed by atoms with Gasteiger partial charge in [-0.1, -0.05) is 0 Å². The molecule has 0 bridgehead atoms. The second kappa shape index (κ2) is 10.4. The van der Waals surface area contributed by atoms with Crippen LogP contribution >= 0.6 is 0 Å². The molecule has 0 aromatic rings. The molecule has 0 saturated heterocycles. The van der Waals surface area contributed by atoms with E-state index >= 15 is 0 Å². The van der Waals surface area contributed by atoms with E-state index in [1.807, 2.05) is 0 Å². The average Bonchev–Trinajstić information content (AvgIpc) is 2.42. The molecule has 8 nitrogen and oxygen atoms in total. The molecule has 0 aliphatic heterocycles. The van der Waals surface area contributed by atoms with Crippen molar-refractivity contribution in [1.29, 1.82) is 0 Å². The highest BCUT2D eigenvalue weighted by molar-refractivity contribution is 4.64. The first-order chi connectivity index (χ1) is 9.31. The van der Waals surface area contributed by atoms with Crippen LogP contribution in [0.25, 0.3) is 0 Å². The molecule has 20 heavy (non-hydrogen) atoms. The van der Waals surface area contributed by atoms with Gasteiger partial charge in [-0.05, 0) is 20.8 Å². The second-order valence-electron chi connectivity index (χ2n) is 4.66. The van der Waals surface area contributed by atoms with Gasteiger partial charge >= 0.3 is 0 Å². The first kappa shape index (κ1) is 19.7. The van der Waals surface area contributed by atoms with Crippen molar-refractivity contribution in [2.45, 2.75) is 57.8 Å². The number of hydrogen-bond donors (Lipinski definition) is 5. The van der Waals surface area contributed by atoms with E-state index in [1.54, 1.807) is 6.92 Å². The topological polar surface area (TPSA) is 129 Å². The maximum absolute atomic E-state index is 9.77. The fourth-order valence-electron chi connectivity index (χ4n) is 1.19. The van der Waals surface area contributed by atoms with Crippen LogP contribution in [0.2, 0.25) is 0 Å². The van der Waals surface area contributed by atoms with Crippen molar-refractivity contribution < 1.29 is 39.7 Å². The lowest BCUT2D eigenvalue weighted by atomic mass is 10.3. The fraction of sp³-hybridized carbons (Fsp3) is 1.00. The third-order valence-electron chi connectivity index (χ3n) is 2.40. The van der Waals surface area contributed by atoms with Crippen LogP contribution in [0.1, 0.15) is 20.8 Å². The molecule has 0 heterocycles. The fourth-order valence-corrected chi connectivity index (χ4v) is 1.19. The van der Waals surface area contributed by atoms with Gasteiger partial charge in [0, 0.05) is 0 Å². The lowest BCUT2D eigenvalue weighted by Crippen LogP contribution is -2.43. The summed E-state index contributed by atoms with van der Waals surface area (Å²) in [7, 11) is 0. The molecular weight excluding hydrogens is 272 g/mol. The smallest absolute Gasteiger partial charge is 0.189 e. The Bertz CT molecular complexity index is 237. The van der Waals surface area contributed by atoms with E-state index in [4.69, 9.17) is 29.5 Å². The molecule has 122 valence electrons. The molecule has 5 N–H and O–H groups in total. The first-order valence-electron chi connectivity index (χ1n) is 6.50. The summed E-state index contributed by atoms with van der Waals surface area (Å²) in [6.45, 7) is 3.68. The molecule has 6 atom stereocenters. The van der Waals surface area contributed by atoms with Gasteiger partial charge in [0.2, 0.25) is 0 Å². The lowest BCUT2D eigenvalue weighted by Gasteiger charge is -2.29. The summed E-state index contributed by atoms with van der Waals surface area (Å²) < 4.78 is 15.4. The molecule has 0 saturated carbocycles. The Balaban J connectivity index is 4.39. The molecular formula is C12H26O8. The van der Waals surface area contributed by atoms with E-state index in [0.717, 1.165) is 0 Å². The lowest BCUT2D eigenvalue weighted by molar-refractivity contribution is -0.298. The zero-order valence-electron chi connectivity index (χ0n) is 12.0. The van der Waals surface area contributed by atoms with E-state index < -0.39 is 43.6 Å². The highest BCUT2D eigenvalue weighted by Crippen LogP contribution is 2.11. The van der Waals surface area contributed by atoms with Crippen molar-refractivity contribution in [3.63, 3.8) is 0 Å². The molecule has 0 amide bonds. The Labute approximate surface area is 118 Å². The second-order valence-corrected chi connectivity index (χ2v) is 4.66. The quantitative estimate of drug-likeness (QED) is 0.282. The van der Waals surface area contributed by atoms with E-state index in [-0.39, 0.29) is 13.2 Å². The van der Waals surface area contributed by atoms with Gasteiger partial charge in [0.25, 0.3) is 0 Å². The Morgan fingerprint density at radius 1 is 0.900 bits per heavy atom. The van der Waals surface area contributed by atoms with Crippen molar-refractivity contribution in [2.75, 3.05) is 19.8 Å². The number of aliphatic hydroxyl groups is 5. The van der Waals surface area contributed by atoms with Gasteiger partial charge < -0.3 is 39.7 Å². The number of aliphatic hydroxyl groups excluding tert-OH is 5. The van der Waals surface area contributed by atoms with Crippen molar-refractivity contribution in [2.24, 2.45) is 0 Å². The molecule has 0 spiro atoms. The van der Waals surface area contributed by atoms with E-state index in [0.29, 0.717) is 0 Å². The zero-order chi connectivity index (χ0) is 15.7. The predicted molar refractivity (Wildman–Crippen MR) is 68.7 cm³/mol. The van der Waals surface area contributed by atoms with Gasteiger partial charge in [-0.15, -0.1) is 0 Å². The van der Waals surface area contributed by atoms with Crippen molar-refractivity contribution >= 4 is 0 Å². The van der Waals surface area contributed by atoms with Crippen LogP contribution in [0, 0.1) is 0 Å². The Morgan fingerprint density at radius 2 is 1.50 bits per heavy atom. The number of rotatable bonds is 11. The summed E-state index contributed by atoms with van der Waals surface area (Å²) >= 11 is 0. The van der Waals surface area contributed by atoms with Gasteiger partial charge in [0.1, 0.15) is 12.2 Å². The van der Waals surface area contributed by atoms with E-state index in [2.05, 4.69) is 0 Å². The third-order valence-corrected chi connectivity index (χ3v) is 2.40. The minimum atomic E-state index is -1.43. The monoisotopic (exact) mass is 298 g/mol. The standard InChI is InChI=1S/C12H26O8/c1-7(15)6-18-9(3)11(17)20-12(10(16)5-14)19-8(2)4-13/h7-17H,4-6H2,1-3H3/t7-,8+,9?,10-,11+,12?/m0/s1. The number of hydrogen-bond acceptors (Lipinski definition) is 8. The molecule has 0 aromatic heterocycles. The first-order valence-corrected chi connectivity index (χ1v) is 6.50. The summed E-state index contributed by atoms with van der Waals surface area (Å²) in [6, 6.07) is 0.